The van der Waals surface area contributed by atoms with Crippen molar-refractivity contribution < 1.29 is 23.7 Å². The second kappa shape index (κ2) is 8.75. The van der Waals surface area contributed by atoms with Gasteiger partial charge in [-0.1, -0.05) is 6.07 Å². The van der Waals surface area contributed by atoms with E-state index in [9.17, 15) is 9.50 Å². The van der Waals surface area contributed by atoms with Gasteiger partial charge in [-0.05, 0) is 37.3 Å². The Labute approximate surface area is 163 Å². The predicted molar refractivity (Wildman–Crippen MR) is 103 cm³/mol. The summed E-state index contributed by atoms with van der Waals surface area (Å²) >= 11 is 0. The summed E-state index contributed by atoms with van der Waals surface area (Å²) in [6.45, 7) is 2.20. The summed E-state index contributed by atoms with van der Waals surface area (Å²) in [5, 5.41) is 14.0. The molecule has 0 aliphatic rings. The highest BCUT2D eigenvalue weighted by molar-refractivity contribution is 5.65. The van der Waals surface area contributed by atoms with E-state index in [0.717, 1.165) is 5.56 Å². The van der Waals surface area contributed by atoms with E-state index in [1.54, 1.807) is 43.2 Å². The van der Waals surface area contributed by atoms with E-state index < -0.39 is 0 Å². The van der Waals surface area contributed by atoms with Crippen molar-refractivity contribution in [2.45, 2.75) is 20.1 Å². The van der Waals surface area contributed by atoms with Gasteiger partial charge in [0.1, 0.15) is 23.1 Å². The highest BCUT2D eigenvalue weighted by atomic mass is 19.1. The first-order chi connectivity index (χ1) is 13.6. The molecule has 1 aromatic heterocycles. The molecule has 3 aromatic rings. The topological polar surface area (TPSA) is 65.7 Å². The van der Waals surface area contributed by atoms with Crippen LogP contribution in [-0.2, 0) is 13.2 Å². The molecular formula is C21H23FN2O4. The lowest BCUT2D eigenvalue weighted by Gasteiger charge is -2.14. The Balaban J connectivity index is 2.09. The lowest BCUT2D eigenvalue weighted by Crippen LogP contribution is -2.09. The zero-order valence-corrected chi connectivity index (χ0v) is 16.1. The van der Waals surface area contributed by atoms with Gasteiger partial charge in [0, 0.05) is 11.6 Å². The van der Waals surface area contributed by atoms with Gasteiger partial charge in [-0.3, -0.25) is 4.68 Å². The van der Waals surface area contributed by atoms with Crippen molar-refractivity contribution in [3.05, 3.63) is 59.5 Å². The second-order valence-electron chi connectivity index (χ2n) is 6.09. The fourth-order valence-electron chi connectivity index (χ4n) is 2.99. The number of aliphatic hydroxyl groups excluding tert-OH is 1. The van der Waals surface area contributed by atoms with Crippen LogP contribution in [0.15, 0.2) is 42.5 Å². The molecule has 0 fully saturated rings. The molecule has 1 N–H and O–H groups in total. The Morgan fingerprint density at radius 1 is 1.07 bits per heavy atom. The van der Waals surface area contributed by atoms with Gasteiger partial charge in [-0.2, -0.15) is 5.10 Å². The summed E-state index contributed by atoms with van der Waals surface area (Å²) in [6.07, 6.45) is 0. The van der Waals surface area contributed by atoms with Crippen LogP contribution >= 0.6 is 0 Å². The molecule has 0 atom stereocenters. The van der Waals surface area contributed by atoms with Crippen LogP contribution in [0.3, 0.4) is 0 Å². The summed E-state index contributed by atoms with van der Waals surface area (Å²) in [6, 6.07) is 11.9. The number of benzene rings is 2. The number of hydrogen-bond acceptors (Lipinski definition) is 5. The normalized spacial score (nSPS) is 10.8. The SMILES string of the molecule is CCOc1cccc(F)c1Cn1nc(CO)cc1-c1cc(OC)cc(OC)c1. The van der Waals surface area contributed by atoms with Gasteiger partial charge >= 0.3 is 0 Å². The molecule has 7 heteroatoms. The number of methoxy groups -OCH3 is 2. The van der Waals surface area contributed by atoms with Crippen LogP contribution in [0.2, 0.25) is 0 Å². The highest BCUT2D eigenvalue weighted by Gasteiger charge is 2.17. The van der Waals surface area contributed by atoms with Crippen molar-refractivity contribution in [3.8, 4) is 28.5 Å². The molecule has 0 bridgehead atoms. The van der Waals surface area contributed by atoms with E-state index in [0.29, 0.717) is 40.8 Å². The number of aromatic nitrogens is 2. The number of halogens is 1. The lowest BCUT2D eigenvalue weighted by atomic mass is 10.1. The molecule has 0 aliphatic carbocycles. The molecule has 0 saturated heterocycles. The number of rotatable bonds is 8. The Bertz CT molecular complexity index is 933. The van der Waals surface area contributed by atoms with Gasteiger partial charge in [0.2, 0.25) is 0 Å². The van der Waals surface area contributed by atoms with Gasteiger partial charge in [0.25, 0.3) is 0 Å². The maximum absolute atomic E-state index is 14.5. The van der Waals surface area contributed by atoms with Gasteiger partial charge in [-0.25, -0.2) is 4.39 Å². The second-order valence-corrected chi connectivity index (χ2v) is 6.09. The third-order valence-corrected chi connectivity index (χ3v) is 4.32. The molecule has 0 radical (unpaired) electrons. The maximum atomic E-state index is 14.5. The van der Waals surface area contributed by atoms with Gasteiger partial charge in [0.05, 0.1) is 50.9 Å². The molecule has 3 rings (SSSR count). The monoisotopic (exact) mass is 386 g/mol. The largest absolute Gasteiger partial charge is 0.497 e. The van der Waals surface area contributed by atoms with Crippen molar-refractivity contribution in [1.29, 1.82) is 0 Å². The lowest BCUT2D eigenvalue weighted by molar-refractivity contribution is 0.275. The van der Waals surface area contributed by atoms with Crippen LogP contribution in [0.5, 0.6) is 17.2 Å². The molecule has 0 aliphatic heterocycles. The number of nitrogens with zero attached hydrogens (tertiary/aromatic N) is 2. The van der Waals surface area contributed by atoms with Crippen molar-refractivity contribution in [3.63, 3.8) is 0 Å². The Morgan fingerprint density at radius 3 is 2.39 bits per heavy atom. The van der Waals surface area contributed by atoms with E-state index in [4.69, 9.17) is 14.2 Å². The Kier molecular flexibility index (Phi) is 6.16. The maximum Gasteiger partial charge on any atom is 0.131 e. The van der Waals surface area contributed by atoms with Crippen LogP contribution in [-0.4, -0.2) is 35.7 Å². The summed E-state index contributed by atoms with van der Waals surface area (Å²) in [5.41, 5.74) is 2.35. The number of hydrogen-bond donors (Lipinski definition) is 1. The van der Waals surface area contributed by atoms with Gasteiger partial charge in [0.15, 0.2) is 0 Å². The third-order valence-electron chi connectivity index (χ3n) is 4.32. The summed E-state index contributed by atoms with van der Waals surface area (Å²) in [5.74, 6) is 1.33. The van der Waals surface area contributed by atoms with Crippen molar-refractivity contribution in [2.75, 3.05) is 20.8 Å². The van der Waals surface area contributed by atoms with Crippen molar-refractivity contribution >= 4 is 0 Å². The highest BCUT2D eigenvalue weighted by Crippen LogP contribution is 2.32. The van der Waals surface area contributed by atoms with Crippen LogP contribution in [0.25, 0.3) is 11.3 Å². The molecule has 0 unspecified atom stereocenters. The molecule has 2 aromatic carbocycles. The molecule has 0 spiro atoms. The van der Waals surface area contributed by atoms with E-state index in [2.05, 4.69) is 5.10 Å². The van der Waals surface area contributed by atoms with E-state index in [1.807, 2.05) is 19.1 Å². The first-order valence-corrected chi connectivity index (χ1v) is 8.90. The van der Waals surface area contributed by atoms with Crippen LogP contribution in [0.4, 0.5) is 4.39 Å². The third kappa shape index (κ3) is 4.09. The molecule has 0 amide bonds. The Hall–Kier alpha value is -3.06. The minimum absolute atomic E-state index is 0.150. The number of aliphatic hydroxyl groups is 1. The minimum atomic E-state index is -0.374. The molecule has 148 valence electrons. The fraction of sp³-hybridized carbons (Fsp3) is 0.286. The summed E-state index contributed by atoms with van der Waals surface area (Å²) in [7, 11) is 3.14. The first kappa shape index (κ1) is 19.7. The van der Waals surface area contributed by atoms with Gasteiger partial charge in [-0.15, -0.1) is 0 Å². The summed E-state index contributed by atoms with van der Waals surface area (Å²) < 4.78 is 32.4. The standard InChI is InChI=1S/C21H23FN2O4/c1-4-28-21-7-5-6-19(22)18(21)12-24-20(10-15(13-25)23-24)14-8-16(26-2)11-17(9-14)27-3/h5-11,25H,4,12-13H2,1-3H3. The average molecular weight is 386 g/mol. The van der Waals surface area contributed by atoms with E-state index in [1.165, 1.54) is 6.07 Å². The van der Waals surface area contributed by atoms with Crippen molar-refractivity contribution in [2.24, 2.45) is 0 Å². The molecule has 28 heavy (non-hydrogen) atoms. The fourth-order valence-corrected chi connectivity index (χ4v) is 2.99. The average Bonchev–Trinajstić information content (AvgIpc) is 3.13. The quantitative estimate of drug-likeness (QED) is 0.640. The van der Waals surface area contributed by atoms with Crippen molar-refractivity contribution in [1.82, 2.24) is 9.78 Å². The molecule has 6 nitrogen and oxygen atoms in total. The number of ether oxygens (including phenoxy) is 3. The smallest absolute Gasteiger partial charge is 0.131 e. The predicted octanol–water partition coefficient (Wildman–Crippen LogP) is 3.65. The zero-order valence-electron chi connectivity index (χ0n) is 16.1. The van der Waals surface area contributed by atoms with Gasteiger partial charge < -0.3 is 19.3 Å². The molecule has 1 heterocycles. The molecular weight excluding hydrogens is 363 g/mol. The van der Waals surface area contributed by atoms with E-state index >= 15 is 0 Å². The van der Waals surface area contributed by atoms with E-state index in [-0.39, 0.29) is 19.0 Å². The van der Waals surface area contributed by atoms with Crippen LogP contribution in [0, 0.1) is 5.82 Å². The minimum Gasteiger partial charge on any atom is -0.497 e. The Morgan fingerprint density at radius 2 is 1.79 bits per heavy atom. The zero-order chi connectivity index (χ0) is 20.1. The summed E-state index contributed by atoms with van der Waals surface area (Å²) in [4.78, 5) is 0. The molecule has 0 saturated carbocycles. The first-order valence-electron chi connectivity index (χ1n) is 8.90. The van der Waals surface area contributed by atoms with Crippen LogP contribution < -0.4 is 14.2 Å². The van der Waals surface area contributed by atoms with Crippen LogP contribution in [0.1, 0.15) is 18.2 Å².